The van der Waals surface area contributed by atoms with Crippen molar-refractivity contribution in [2.75, 3.05) is 5.32 Å². The van der Waals surface area contributed by atoms with Crippen LogP contribution in [0.1, 0.15) is 11.1 Å². The molecule has 2 aromatic heterocycles. The second kappa shape index (κ2) is 7.86. The molecule has 0 aliphatic carbocycles. The van der Waals surface area contributed by atoms with Crippen LogP contribution in [0.2, 0.25) is 0 Å². The summed E-state index contributed by atoms with van der Waals surface area (Å²) in [5, 5.41) is 4.81. The lowest BCUT2D eigenvalue weighted by Gasteiger charge is -2.14. The first-order valence-corrected chi connectivity index (χ1v) is 8.00. The lowest BCUT2D eigenvalue weighted by atomic mass is 10.1. The Morgan fingerprint density at radius 3 is 2.44 bits per heavy atom. The van der Waals surface area contributed by atoms with E-state index in [1.807, 2.05) is 0 Å². The normalized spacial score (nSPS) is 11.1. The third-order valence-electron chi connectivity index (χ3n) is 3.77. The number of urea groups is 1. The summed E-state index contributed by atoms with van der Waals surface area (Å²) >= 11 is 0. The zero-order valence-electron chi connectivity index (χ0n) is 14.0. The number of alkyl halides is 3. The molecule has 0 saturated heterocycles. The second-order valence-corrected chi connectivity index (χ2v) is 5.60. The zero-order valence-corrected chi connectivity index (χ0v) is 14.0. The number of hydrogen-bond acceptors (Lipinski definition) is 3. The highest BCUT2D eigenvalue weighted by atomic mass is 19.4. The van der Waals surface area contributed by atoms with E-state index in [0.29, 0.717) is 5.69 Å². The number of pyridine rings is 2. The lowest BCUT2D eigenvalue weighted by Crippen LogP contribution is -2.29. The van der Waals surface area contributed by atoms with Crippen molar-refractivity contribution in [1.82, 2.24) is 15.3 Å². The highest BCUT2D eigenvalue weighted by Crippen LogP contribution is 2.34. The summed E-state index contributed by atoms with van der Waals surface area (Å²) in [5.74, 6) is 0. The molecule has 3 rings (SSSR count). The molecule has 0 saturated carbocycles. The Labute approximate surface area is 153 Å². The van der Waals surface area contributed by atoms with Gasteiger partial charge in [-0.2, -0.15) is 13.2 Å². The van der Waals surface area contributed by atoms with Crippen molar-refractivity contribution >= 4 is 11.7 Å². The van der Waals surface area contributed by atoms with Gasteiger partial charge in [0.1, 0.15) is 0 Å². The maximum absolute atomic E-state index is 13.0. The lowest BCUT2D eigenvalue weighted by molar-refractivity contribution is -0.136. The molecule has 0 aliphatic rings. The number of halogens is 3. The summed E-state index contributed by atoms with van der Waals surface area (Å²) in [4.78, 5) is 20.4. The van der Waals surface area contributed by atoms with E-state index >= 15 is 0 Å². The number of aromatic nitrogens is 2. The van der Waals surface area contributed by atoms with Crippen LogP contribution in [-0.4, -0.2) is 16.0 Å². The minimum atomic E-state index is -4.55. The molecule has 138 valence electrons. The largest absolute Gasteiger partial charge is 0.418 e. The van der Waals surface area contributed by atoms with Gasteiger partial charge in [0.25, 0.3) is 0 Å². The van der Waals surface area contributed by atoms with E-state index in [-0.39, 0.29) is 12.2 Å². The minimum absolute atomic E-state index is 0.103. The Morgan fingerprint density at radius 2 is 1.70 bits per heavy atom. The third-order valence-corrected chi connectivity index (χ3v) is 3.77. The van der Waals surface area contributed by atoms with Crippen molar-refractivity contribution in [3.63, 3.8) is 0 Å². The molecule has 2 heterocycles. The Balaban J connectivity index is 1.71. The molecular weight excluding hydrogens is 357 g/mol. The van der Waals surface area contributed by atoms with Crippen molar-refractivity contribution < 1.29 is 18.0 Å². The summed E-state index contributed by atoms with van der Waals surface area (Å²) in [6.07, 6.45) is 0.324. The highest BCUT2D eigenvalue weighted by molar-refractivity contribution is 5.90. The van der Waals surface area contributed by atoms with Gasteiger partial charge in [-0.1, -0.05) is 18.2 Å². The van der Waals surface area contributed by atoms with Crippen molar-refractivity contribution in [3.05, 3.63) is 78.2 Å². The number of hydrogen-bond donors (Lipinski definition) is 2. The van der Waals surface area contributed by atoms with Crippen LogP contribution in [0, 0.1) is 0 Å². The van der Waals surface area contributed by atoms with E-state index in [9.17, 15) is 18.0 Å². The topological polar surface area (TPSA) is 66.9 Å². The zero-order chi connectivity index (χ0) is 19.3. The Morgan fingerprint density at radius 1 is 0.963 bits per heavy atom. The van der Waals surface area contributed by atoms with Crippen molar-refractivity contribution in [2.24, 2.45) is 0 Å². The number of nitrogens with one attached hydrogen (secondary N) is 2. The van der Waals surface area contributed by atoms with E-state index < -0.39 is 17.8 Å². The maximum Gasteiger partial charge on any atom is 0.418 e. The van der Waals surface area contributed by atoms with Crippen molar-refractivity contribution in [2.45, 2.75) is 12.7 Å². The van der Waals surface area contributed by atoms with Crippen LogP contribution >= 0.6 is 0 Å². The minimum Gasteiger partial charge on any atom is -0.334 e. The van der Waals surface area contributed by atoms with Gasteiger partial charge >= 0.3 is 12.2 Å². The molecule has 2 amide bonds. The van der Waals surface area contributed by atoms with Gasteiger partial charge in [-0.05, 0) is 35.9 Å². The van der Waals surface area contributed by atoms with Gasteiger partial charge in [-0.25, -0.2) is 4.79 Å². The fourth-order valence-electron chi connectivity index (χ4n) is 2.53. The van der Waals surface area contributed by atoms with E-state index in [4.69, 9.17) is 0 Å². The second-order valence-electron chi connectivity index (χ2n) is 5.60. The molecule has 0 aliphatic heterocycles. The maximum atomic E-state index is 13.0. The molecule has 0 radical (unpaired) electrons. The summed E-state index contributed by atoms with van der Waals surface area (Å²) < 4.78 is 39.0. The number of nitrogens with zero attached hydrogens (tertiary/aromatic N) is 2. The predicted octanol–water partition coefficient (Wildman–Crippen LogP) is 4.48. The third kappa shape index (κ3) is 4.60. The van der Waals surface area contributed by atoms with Crippen LogP contribution in [0.4, 0.5) is 23.7 Å². The quantitative estimate of drug-likeness (QED) is 0.709. The summed E-state index contributed by atoms with van der Waals surface area (Å²) in [6.45, 7) is 0.103. The van der Waals surface area contributed by atoms with Crippen LogP contribution in [-0.2, 0) is 12.7 Å². The Hall–Kier alpha value is -3.42. The van der Waals surface area contributed by atoms with Crippen LogP contribution in [0.15, 0.2) is 67.1 Å². The summed E-state index contributed by atoms with van der Waals surface area (Å²) in [5.41, 5.74) is 1.01. The number of benzene rings is 1. The molecule has 1 aromatic carbocycles. The average molecular weight is 372 g/mol. The monoisotopic (exact) mass is 372 g/mol. The molecule has 27 heavy (non-hydrogen) atoms. The number of para-hydroxylation sites is 1. The van der Waals surface area contributed by atoms with Crippen LogP contribution in [0.3, 0.4) is 0 Å². The van der Waals surface area contributed by atoms with Gasteiger partial charge in [0, 0.05) is 30.7 Å². The van der Waals surface area contributed by atoms with Gasteiger partial charge in [-0.3, -0.25) is 9.97 Å². The SMILES string of the molecule is O=C(NCc1cccnc1-c1ccncc1)Nc1ccccc1C(F)(F)F. The van der Waals surface area contributed by atoms with Crippen LogP contribution in [0.5, 0.6) is 0 Å². The van der Waals surface area contributed by atoms with Gasteiger partial charge < -0.3 is 10.6 Å². The number of rotatable bonds is 4. The molecule has 0 atom stereocenters. The Bertz CT molecular complexity index is 929. The van der Waals surface area contributed by atoms with Crippen molar-refractivity contribution in [3.8, 4) is 11.3 Å². The first-order valence-electron chi connectivity index (χ1n) is 8.00. The van der Waals surface area contributed by atoms with Gasteiger partial charge in [0.2, 0.25) is 0 Å². The molecule has 3 aromatic rings. The Kier molecular flexibility index (Phi) is 5.35. The van der Waals surface area contributed by atoms with Crippen LogP contribution < -0.4 is 10.6 Å². The van der Waals surface area contributed by atoms with E-state index in [1.165, 1.54) is 18.2 Å². The molecule has 0 bridgehead atoms. The number of amides is 2. The van der Waals surface area contributed by atoms with Crippen molar-refractivity contribution in [1.29, 1.82) is 0 Å². The number of anilines is 1. The van der Waals surface area contributed by atoms with Gasteiger partial charge in [0.15, 0.2) is 0 Å². The highest BCUT2D eigenvalue weighted by Gasteiger charge is 2.33. The first kappa shape index (κ1) is 18.4. The number of carbonyl (C=O) groups excluding carboxylic acids is 1. The van der Waals surface area contributed by atoms with E-state index in [0.717, 1.165) is 17.2 Å². The molecule has 0 unspecified atom stereocenters. The average Bonchev–Trinajstić information content (AvgIpc) is 2.67. The summed E-state index contributed by atoms with van der Waals surface area (Å²) in [6, 6.07) is 11.1. The van der Waals surface area contributed by atoms with E-state index in [1.54, 1.807) is 42.9 Å². The van der Waals surface area contributed by atoms with E-state index in [2.05, 4.69) is 20.6 Å². The van der Waals surface area contributed by atoms with Gasteiger partial charge in [-0.15, -0.1) is 0 Å². The molecule has 0 fully saturated rings. The molecular formula is C19H15F3N4O. The van der Waals surface area contributed by atoms with Gasteiger partial charge in [0.05, 0.1) is 16.9 Å². The molecule has 5 nitrogen and oxygen atoms in total. The standard InChI is InChI=1S/C19H15F3N4O/c20-19(21,22)15-5-1-2-6-16(15)26-18(27)25-12-14-4-3-9-24-17(14)13-7-10-23-11-8-13/h1-11H,12H2,(H2,25,26,27). The molecule has 0 spiro atoms. The number of carbonyl (C=O) groups is 1. The predicted molar refractivity (Wildman–Crippen MR) is 94.8 cm³/mol. The fourth-order valence-corrected chi connectivity index (χ4v) is 2.53. The molecule has 2 N–H and O–H groups in total. The summed E-state index contributed by atoms with van der Waals surface area (Å²) in [7, 11) is 0. The smallest absolute Gasteiger partial charge is 0.334 e. The van der Waals surface area contributed by atoms with Crippen LogP contribution in [0.25, 0.3) is 11.3 Å². The molecule has 8 heteroatoms. The first-order chi connectivity index (χ1) is 12.9. The fraction of sp³-hybridized carbons (Fsp3) is 0.105.